The van der Waals surface area contributed by atoms with Gasteiger partial charge >= 0.3 is 0 Å². The molecule has 0 amide bonds. The first-order valence-electron chi connectivity index (χ1n) is 7.49. The normalized spacial score (nSPS) is 28.5. The molecule has 1 aromatic rings. The molecule has 5 nitrogen and oxygen atoms in total. The zero-order valence-electron chi connectivity index (χ0n) is 12.0. The molecule has 1 aliphatic carbocycles. The molecule has 2 fully saturated rings. The Morgan fingerprint density at radius 1 is 1.48 bits per heavy atom. The summed E-state index contributed by atoms with van der Waals surface area (Å²) in [5.74, 6) is 1.12. The van der Waals surface area contributed by atoms with E-state index in [1.54, 1.807) is 12.3 Å². The summed E-state index contributed by atoms with van der Waals surface area (Å²) in [4.78, 5) is 14.4. The average Bonchev–Trinajstić information content (AvgIpc) is 2.89. The fraction of sp³-hybridized carbons (Fsp3) is 0.600. The number of nitrogens with two attached hydrogens (primary N) is 1. The van der Waals surface area contributed by atoms with Gasteiger partial charge in [0.2, 0.25) is 0 Å². The minimum Gasteiger partial charge on any atom is -0.368 e. The van der Waals surface area contributed by atoms with E-state index in [9.17, 15) is 4.79 Å². The lowest BCUT2D eigenvalue weighted by Crippen LogP contribution is -2.38. The van der Waals surface area contributed by atoms with Crippen LogP contribution in [0.15, 0.2) is 23.6 Å². The van der Waals surface area contributed by atoms with Crippen LogP contribution in [0.5, 0.6) is 0 Å². The fourth-order valence-corrected chi connectivity index (χ4v) is 3.91. The second-order valence-corrected chi connectivity index (χ2v) is 6.42. The van der Waals surface area contributed by atoms with Crippen LogP contribution in [-0.2, 0) is 6.54 Å². The number of hydrogen-bond acceptors (Lipinski definition) is 4. The summed E-state index contributed by atoms with van der Waals surface area (Å²) >= 11 is 6.27. The van der Waals surface area contributed by atoms with Gasteiger partial charge in [-0.05, 0) is 24.7 Å². The van der Waals surface area contributed by atoms with E-state index in [1.807, 2.05) is 0 Å². The zero-order valence-corrected chi connectivity index (χ0v) is 12.8. The van der Waals surface area contributed by atoms with Crippen LogP contribution in [0.3, 0.4) is 0 Å². The summed E-state index contributed by atoms with van der Waals surface area (Å²) < 4.78 is 1.33. The molecule has 2 N–H and O–H groups in total. The van der Waals surface area contributed by atoms with Crippen molar-refractivity contribution in [3.8, 4) is 0 Å². The summed E-state index contributed by atoms with van der Waals surface area (Å²) in [6, 6.07) is 0.265. The largest absolute Gasteiger partial charge is 0.368 e. The Kier molecular flexibility index (Phi) is 4.04. The van der Waals surface area contributed by atoms with Gasteiger partial charge in [-0.2, -0.15) is 5.10 Å². The lowest BCUT2D eigenvalue weighted by Gasteiger charge is -2.29. The molecular formula is C15H21ClN4O. The quantitative estimate of drug-likeness (QED) is 0.862. The number of nitrogens with zero attached hydrogens (tertiary/aromatic N) is 3. The first-order chi connectivity index (χ1) is 10.1. The highest BCUT2D eigenvalue weighted by Crippen LogP contribution is 2.38. The topological polar surface area (TPSA) is 64.2 Å². The molecule has 0 bridgehead atoms. The smallest absolute Gasteiger partial charge is 0.287 e. The summed E-state index contributed by atoms with van der Waals surface area (Å²) in [6.45, 7) is 5.78. The molecule has 3 atom stereocenters. The molecule has 1 saturated carbocycles. The van der Waals surface area contributed by atoms with Gasteiger partial charge < -0.3 is 10.6 Å². The SMILES string of the molecule is C=CCn1ncc(N2CC3CCCC(N)C3C2)c(Cl)c1=O. The first-order valence-corrected chi connectivity index (χ1v) is 7.86. The second kappa shape index (κ2) is 5.81. The summed E-state index contributed by atoms with van der Waals surface area (Å²) in [5.41, 5.74) is 6.72. The van der Waals surface area contributed by atoms with E-state index in [4.69, 9.17) is 17.3 Å². The maximum atomic E-state index is 12.2. The molecule has 3 unspecified atom stereocenters. The molecule has 0 spiro atoms. The van der Waals surface area contributed by atoms with Crippen molar-refractivity contribution >= 4 is 17.3 Å². The van der Waals surface area contributed by atoms with E-state index in [0.29, 0.717) is 18.4 Å². The molecule has 0 radical (unpaired) electrons. The van der Waals surface area contributed by atoms with E-state index in [-0.39, 0.29) is 16.6 Å². The van der Waals surface area contributed by atoms with Gasteiger partial charge in [0, 0.05) is 19.1 Å². The molecule has 21 heavy (non-hydrogen) atoms. The lowest BCUT2D eigenvalue weighted by molar-refractivity contribution is 0.260. The predicted octanol–water partition coefficient (Wildman–Crippen LogP) is 1.65. The number of aromatic nitrogens is 2. The Morgan fingerprint density at radius 2 is 2.29 bits per heavy atom. The Bertz CT molecular complexity index is 600. The first kappa shape index (κ1) is 14.6. The number of anilines is 1. The highest BCUT2D eigenvalue weighted by atomic mass is 35.5. The predicted molar refractivity (Wildman–Crippen MR) is 84.7 cm³/mol. The van der Waals surface area contributed by atoms with E-state index in [0.717, 1.165) is 25.2 Å². The van der Waals surface area contributed by atoms with Gasteiger partial charge in [0.05, 0.1) is 18.4 Å². The van der Waals surface area contributed by atoms with Gasteiger partial charge in [0.15, 0.2) is 0 Å². The Hall–Kier alpha value is -1.33. The van der Waals surface area contributed by atoms with Crippen LogP contribution in [-0.4, -0.2) is 28.9 Å². The minimum absolute atomic E-state index is 0.249. The average molecular weight is 309 g/mol. The van der Waals surface area contributed by atoms with E-state index in [1.165, 1.54) is 17.5 Å². The number of rotatable bonds is 3. The molecule has 2 heterocycles. The molecule has 1 aromatic heterocycles. The Labute approximate surface area is 129 Å². The van der Waals surface area contributed by atoms with Crippen molar-refractivity contribution in [1.82, 2.24) is 9.78 Å². The van der Waals surface area contributed by atoms with E-state index < -0.39 is 0 Å². The fourth-order valence-electron chi connectivity index (χ4n) is 3.64. The third-order valence-electron chi connectivity index (χ3n) is 4.76. The van der Waals surface area contributed by atoms with Crippen LogP contribution >= 0.6 is 11.6 Å². The van der Waals surface area contributed by atoms with E-state index >= 15 is 0 Å². The summed E-state index contributed by atoms with van der Waals surface area (Å²) in [7, 11) is 0. The van der Waals surface area contributed by atoms with Crippen LogP contribution < -0.4 is 16.2 Å². The van der Waals surface area contributed by atoms with Gasteiger partial charge in [-0.15, -0.1) is 6.58 Å². The summed E-state index contributed by atoms with van der Waals surface area (Å²) in [5, 5.41) is 4.43. The molecule has 6 heteroatoms. The van der Waals surface area contributed by atoms with Crippen LogP contribution in [0.2, 0.25) is 5.02 Å². The van der Waals surface area contributed by atoms with Crippen molar-refractivity contribution in [2.75, 3.05) is 18.0 Å². The number of allylic oxidation sites excluding steroid dienone is 1. The van der Waals surface area contributed by atoms with Crippen LogP contribution in [0, 0.1) is 11.8 Å². The number of halogens is 1. The molecule has 1 saturated heterocycles. The number of fused-ring (bicyclic) bond motifs is 1. The van der Waals surface area contributed by atoms with Crippen molar-refractivity contribution in [3.05, 3.63) is 34.2 Å². The third-order valence-corrected chi connectivity index (χ3v) is 5.12. The molecule has 114 valence electrons. The van der Waals surface area contributed by atoms with Gasteiger partial charge in [0.25, 0.3) is 5.56 Å². The number of hydrogen-bond donors (Lipinski definition) is 1. The van der Waals surface area contributed by atoms with Crippen molar-refractivity contribution in [3.63, 3.8) is 0 Å². The Balaban J connectivity index is 1.87. The van der Waals surface area contributed by atoms with Crippen LogP contribution in [0.4, 0.5) is 5.69 Å². The Morgan fingerprint density at radius 3 is 3.00 bits per heavy atom. The third kappa shape index (κ3) is 2.60. The van der Waals surface area contributed by atoms with Crippen molar-refractivity contribution < 1.29 is 0 Å². The summed E-state index contributed by atoms with van der Waals surface area (Å²) in [6.07, 6.45) is 6.84. The van der Waals surface area contributed by atoms with Crippen molar-refractivity contribution in [1.29, 1.82) is 0 Å². The molecular weight excluding hydrogens is 288 g/mol. The van der Waals surface area contributed by atoms with Crippen LogP contribution in [0.25, 0.3) is 0 Å². The lowest BCUT2D eigenvalue weighted by atomic mass is 9.78. The maximum Gasteiger partial charge on any atom is 0.287 e. The van der Waals surface area contributed by atoms with Crippen molar-refractivity contribution in [2.45, 2.75) is 31.8 Å². The van der Waals surface area contributed by atoms with Crippen LogP contribution in [0.1, 0.15) is 19.3 Å². The van der Waals surface area contributed by atoms with Gasteiger partial charge in [-0.1, -0.05) is 24.1 Å². The molecule has 1 aliphatic heterocycles. The zero-order chi connectivity index (χ0) is 15.0. The molecule has 0 aromatic carbocycles. The minimum atomic E-state index is -0.256. The highest BCUT2D eigenvalue weighted by molar-refractivity contribution is 6.33. The monoisotopic (exact) mass is 308 g/mol. The second-order valence-electron chi connectivity index (χ2n) is 6.04. The highest BCUT2D eigenvalue weighted by Gasteiger charge is 2.39. The van der Waals surface area contributed by atoms with Gasteiger partial charge in [0.1, 0.15) is 5.02 Å². The standard InChI is InChI=1S/C15H21ClN4O/c1-2-6-20-15(21)14(16)13(7-18-20)19-8-10-4-3-5-12(17)11(10)9-19/h2,7,10-12H,1,3-6,8-9,17H2. The van der Waals surface area contributed by atoms with E-state index in [2.05, 4.69) is 16.6 Å². The van der Waals surface area contributed by atoms with Gasteiger partial charge in [-0.3, -0.25) is 4.79 Å². The molecule has 2 aliphatic rings. The molecule has 3 rings (SSSR count). The maximum absolute atomic E-state index is 12.2. The van der Waals surface area contributed by atoms with Crippen molar-refractivity contribution in [2.24, 2.45) is 17.6 Å². The van der Waals surface area contributed by atoms with Gasteiger partial charge in [-0.25, -0.2) is 4.68 Å².